The molecule has 0 aliphatic carbocycles. The molecule has 1 aromatic heterocycles. The molecule has 1 atom stereocenters. The summed E-state index contributed by atoms with van der Waals surface area (Å²) in [6.45, 7) is 8.86. The number of carbonyl (C=O) groups excluding carboxylic acids is 1. The third kappa shape index (κ3) is 6.65. The molecule has 8 heteroatoms. The number of amides is 1. The van der Waals surface area contributed by atoms with Gasteiger partial charge in [0.2, 0.25) is 11.1 Å². The summed E-state index contributed by atoms with van der Waals surface area (Å²) in [5.74, 6) is 2.02. The Morgan fingerprint density at radius 2 is 1.78 bits per heavy atom. The number of hydrogen-bond donors (Lipinski definition) is 2. The zero-order valence-corrected chi connectivity index (χ0v) is 24.9. The van der Waals surface area contributed by atoms with Crippen LogP contribution >= 0.6 is 11.8 Å². The maximum absolute atomic E-state index is 13.9. The van der Waals surface area contributed by atoms with Crippen molar-refractivity contribution < 1.29 is 9.53 Å². The molecule has 4 aromatic rings. The van der Waals surface area contributed by atoms with Crippen molar-refractivity contribution in [2.45, 2.75) is 63.9 Å². The molecular weight excluding hydrogens is 530 g/mol. The Hall–Kier alpha value is -4.04. The van der Waals surface area contributed by atoms with Crippen LogP contribution in [-0.2, 0) is 10.5 Å². The number of thioether (sulfide) groups is 1. The highest BCUT2D eigenvalue weighted by Crippen LogP contribution is 2.38. The number of aryl methyl sites for hydroxylation is 1. The lowest BCUT2D eigenvalue weighted by Crippen LogP contribution is -2.31. The van der Waals surface area contributed by atoms with Gasteiger partial charge in [-0.3, -0.25) is 4.79 Å². The van der Waals surface area contributed by atoms with E-state index in [2.05, 4.69) is 29.7 Å². The fourth-order valence-corrected chi connectivity index (χ4v) is 5.67. The van der Waals surface area contributed by atoms with Gasteiger partial charge in [0, 0.05) is 17.1 Å². The van der Waals surface area contributed by atoms with E-state index in [4.69, 9.17) is 14.8 Å². The molecule has 0 spiro atoms. The quantitative estimate of drug-likeness (QED) is 0.143. The molecule has 0 radical (unpaired) electrons. The van der Waals surface area contributed by atoms with E-state index in [0.29, 0.717) is 23.3 Å². The molecule has 0 bridgehead atoms. The van der Waals surface area contributed by atoms with Gasteiger partial charge in [-0.25, -0.2) is 4.68 Å². The van der Waals surface area contributed by atoms with Gasteiger partial charge in [-0.05, 0) is 67.6 Å². The SMILES string of the molecule is CCCCCOc1ccc(C2C(C(=O)Nc3cccc(C)c3C)=C(C)Nc3nc(SCc4ccccc4)nn32)cc1. The van der Waals surface area contributed by atoms with Crippen molar-refractivity contribution in [1.82, 2.24) is 14.8 Å². The average Bonchev–Trinajstić information content (AvgIpc) is 3.39. The molecule has 5 rings (SSSR count). The predicted molar refractivity (Wildman–Crippen MR) is 166 cm³/mol. The number of nitrogens with zero attached hydrogens (tertiary/aromatic N) is 3. The lowest BCUT2D eigenvalue weighted by atomic mass is 9.94. The molecule has 1 aliphatic rings. The Morgan fingerprint density at radius 1 is 1.00 bits per heavy atom. The highest BCUT2D eigenvalue weighted by atomic mass is 32.2. The van der Waals surface area contributed by atoms with Gasteiger partial charge in [-0.2, -0.15) is 4.98 Å². The molecule has 0 fully saturated rings. The zero-order valence-electron chi connectivity index (χ0n) is 24.1. The number of nitrogens with one attached hydrogen (secondary N) is 2. The van der Waals surface area contributed by atoms with Gasteiger partial charge >= 0.3 is 0 Å². The summed E-state index contributed by atoms with van der Waals surface area (Å²) in [6.07, 6.45) is 3.33. The normalized spacial score (nSPS) is 14.4. The zero-order chi connectivity index (χ0) is 28.8. The van der Waals surface area contributed by atoms with E-state index in [1.807, 2.05) is 86.1 Å². The standard InChI is InChI=1S/C33H37N5O2S/c1-5-6-10-20-40-27-18-16-26(17-19-27)30-29(31(39)35-28-15-11-12-22(2)23(28)3)24(4)34-32-36-33(37-38(30)32)41-21-25-13-8-7-9-14-25/h7-9,11-19,30H,5-6,10,20-21H2,1-4H3,(H,35,39)(H,34,36,37). The average molecular weight is 568 g/mol. The van der Waals surface area contributed by atoms with E-state index in [-0.39, 0.29) is 5.91 Å². The molecule has 2 heterocycles. The monoisotopic (exact) mass is 567 g/mol. The molecule has 0 saturated heterocycles. The molecule has 212 valence electrons. The van der Waals surface area contributed by atoms with Crippen LogP contribution in [-0.4, -0.2) is 27.3 Å². The van der Waals surface area contributed by atoms with Gasteiger partial charge < -0.3 is 15.4 Å². The van der Waals surface area contributed by atoms with Crippen molar-refractivity contribution in [1.29, 1.82) is 0 Å². The maximum atomic E-state index is 13.9. The number of unbranched alkanes of at least 4 members (excludes halogenated alkanes) is 2. The number of anilines is 2. The summed E-state index contributed by atoms with van der Waals surface area (Å²) in [7, 11) is 0. The Morgan fingerprint density at radius 3 is 2.54 bits per heavy atom. The number of carbonyl (C=O) groups is 1. The van der Waals surface area contributed by atoms with Gasteiger partial charge in [0.1, 0.15) is 11.8 Å². The minimum atomic E-state index is -0.455. The van der Waals surface area contributed by atoms with Crippen molar-refractivity contribution in [3.05, 3.63) is 106 Å². The van der Waals surface area contributed by atoms with Crippen LogP contribution in [0.15, 0.2) is 89.2 Å². The van der Waals surface area contributed by atoms with Crippen molar-refractivity contribution in [3.8, 4) is 5.75 Å². The molecule has 7 nitrogen and oxygen atoms in total. The molecule has 1 amide bonds. The highest BCUT2D eigenvalue weighted by Gasteiger charge is 2.34. The molecule has 3 aromatic carbocycles. The fourth-order valence-electron chi connectivity index (χ4n) is 4.88. The summed E-state index contributed by atoms with van der Waals surface area (Å²) in [5.41, 5.74) is 6.45. The first-order chi connectivity index (χ1) is 19.9. The van der Waals surface area contributed by atoms with Crippen LogP contribution < -0.4 is 15.4 Å². The van der Waals surface area contributed by atoms with Gasteiger partial charge in [-0.15, -0.1) is 5.10 Å². The second-order valence-electron chi connectivity index (χ2n) is 10.3. The van der Waals surface area contributed by atoms with Crippen LogP contribution in [0.2, 0.25) is 0 Å². The first-order valence-corrected chi connectivity index (χ1v) is 15.1. The smallest absolute Gasteiger partial charge is 0.255 e. The largest absolute Gasteiger partial charge is 0.494 e. The van der Waals surface area contributed by atoms with Gasteiger partial charge in [0.05, 0.1) is 12.2 Å². The number of aromatic nitrogens is 3. The van der Waals surface area contributed by atoms with Gasteiger partial charge in [0.15, 0.2) is 0 Å². The molecule has 2 N–H and O–H groups in total. The second-order valence-corrected chi connectivity index (χ2v) is 11.3. The number of ether oxygens (including phenoxy) is 1. The summed E-state index contributed by atoms with van der Waals surface area (Å²) in [5, 5.41) is 12.0. The number of allylic oxidation sites excluding steroid dienone is 1. The van der Waals surface area contributed by atoms with Gasteiger partial charge in [-0.1, -0.05) is 86.1 Å². The number of benzene rings is 3. The van der Waals surface area contributed by atoms with E-state index in [1.54, 1.807) is 11.8 Å². The van der Waals surface area contributed by atoms with Crippen LogP contribution in [0.5, 0.6) is 5.75 Å². The van der Waals surface area contributed by atoms with E-state index in [9.17, 15) is 4.79 Å². The number of fused-ring (bicyclic) bond motifs is 1. The first-order valence-electron chi connectivity index (χ1n) is 14.2. The number of rotatable bonds is 11. The van der Waals surface area contributed by atoms with Crippen LogP contribution in [0.1, 0.15) is 61.4 Å². The van der Waals surface area contributed by atoms with Crippen LogP contribution in [0.4, 0.5) is 11.6 Å². The summed E-state index contributed by atoms with van der Waals surface area (Å²) in [4.78, 5) is 18.7. The molecule has 41 heavy (non-hydrogen) atoms. The highest BCUT2D eigenvalue weighted by molar-refractivity contribution is 7.98. The molecule has 1 aliphatic heterocycles. The Kier molecular flexibility index (Phi) is 9.09. The lowest BCUT2D eigenvalue weighted by molar-refractivity contribution is -0.113. The minimum absolute atomic E-state index is 0.173. The van der Waals surface area contributed by atoms with Crippen molar-refractivity contribution in [3.63, 3.8) is 0 Å². The van der Waals surface area contributed by atoms with E-state index in [1.165, 1.54) is 5.56 Å². The first kappa shape index (κ1) is 28.5. The van der Waals surface area contributed by atoms with Crippen LogP contribution in [0.3, 0.4) is 0 Å². The van der Waals surface area contributed by atoms with Crippen LogP contribution in [0.25, 0.3) is 0 Å². The lowest BCUT2D eigenvalue weighted by Gasteiger charge is -2.29. The Labute approximate surface area is 246 Å². The minimum Gasteiger partial charge on any atom is -0.494 e. The number of hydrogen-bond acceptors (Lipinski definition) is 6. The topological polar surface area (TPSA) is 81.1 Å². The molecule has 1 unspecified atom stereocenters. The van der Waals surface area contributed by atoms with Crippen molar-refractivity contribution in [2.75, 3.05) is 17.2 Å². The predicted octanol–water partition coefficient (Wildman–Crippen LogP) is 7.68. The summed E-state index contributed by atoms with van der Waals surface area (Å²) >= 11 is 1.57. The van der Waals surface area contributed by atoms with E-state index >= 15 is 0 Å². The summed E-state index contributed by atoms with van der Waals surface area (Å²) < 4.78 is 7.78. The second kappa shape index (κ2) is 13.1. The van der Waals surface area contributed by atoms with E-state index in [0.717, 1.165) is 58.8 Å². The molecule has 0 saturated carbocycles. The van der Waals surface area contributed by atoms with Crippen molar-refractivity contribution in [2.24, 2.45) is 0 Å². The third-order valence-electron chi connectivity index (χ3n) is 7.35. The fraction of sp³-hybridized carbons (Fsp3) is 0.303. The third-order valence-corrected chi connectivity index (χ3v) is 8.26. The summed E-state index contributed by atoms with van der Waals surface area (Å²) in [6, 6.07) is 23.7. The maximum Gasteiger partial charge on any atom is 0.255 e. The Balaban J connectivity index is 1.46. The van der Waals surface area contributed by atoms with Crippen LogP contribution in [0, 0.1) is 13.8 Å². The van der Waals surface area contributed by atoms with Crippen molar-refractivity contribution >= 4 is 29.3 Å². The van der Waals surface area contributed by atoms with Gasteiger partial charge in [0.25, 0.3) is 5.91 Å². The Bertz CT molecular complexity index is 1530. The molecular formula is C33H37N5O2S. The van der Waals surface area contributed by atoms with E-state index < -0.39 is 6.04 Å².